The fourth-order valence-electron chi connectivity index (χ4n) is 4.06. The molecule has 0 saturated heterocycles. The third-order valence-corrected chi connectivity index (χ3v) is 8.20. The Bertz CT molecular complexity index is 1220. The zero-order valence-electron chi connectivity index (χ0n) is 31.7. The van der Waals surface area contributed by atoms with E-state index in [1.165, 1.54) is 12.1 Å². The molecular weight excluding hydrogens is 730 g/mol. The van der Waals surface area contributed by atoms with Gasteiger partial charge in [0.1, 0.15) is 12.4 Å². The van der Waals surface area contributed by atoms with E-state index in [9.17, 15) is 8.42 Å². The molecule has 0 aliphatic heterocycles. The molecule has 0 aliphatic rings. The van der Waals surface area contributed by atoms with Crippen molar-refractivity contribution in [3.8, 4) is 5.75 Å². The van der Waals surface area contributed by atoms with Crippen LogP contribution in [0.5, 0.6) is 5.75 Å². The van der Waals surface area contributed by atoms with Crippen LogP contribution in [0, 0.1) is 6.92 Å². The summed E-state index contributed by atoms with van der Waals surface area (Å²) in [4.78, 5) is 0.125. The molecule has 16 nitrogen and oxygen atoms in total. The second-order valence-corrected chi connectivity index (χ2v) is 12.9. The summed E-state index contributed by atoms with van der Waals surface area (Å²) >= 11 is 0. The van der Waals surface area contributed by atoms with Crippen LogP contribution in [0.4, 0.5) is 5.69 Å². The van der Waals surface area contributed by atoms with Crippen LogP contribution >= 0.6 is 0 Å². The van der Waals surface area contributed by atoms with Gasteiger partial charge in [0.25, 0.3) is 10.1 Å². The van der Waals surface area contributed by atoms with E-state index in [1.807, 2.05) is 19.1 Å². The quantitative estimate of drug-likeness (QED) is 0.0593. The number of anilines is 1. The van der Waals surface area contributed by atoms with E-state index in [-0.39, 0.29) is 18.1 Å². The van der Waals surface area contributed by atoms with E-state index in [0.717, 1.165) is 11.3 Å². The zero-order chi connectivity index (χ0) is 38.6. The highest BCUT2D eigenvalue weighted by Gasteiger charge is 2.14. The van der Waals surface area contributed by atoms with E-state index in [4.69, 9.17) is 66.8 Å². The van der Waals surface area contributed by atoms with Crippen LogP contribution in [-0.2, 0) is 66.4 Å². The summed E-state index contributed by atoms with van der Waals surface area (Å²) < 4.78 is 94.8. The maximum Gasteiger partial charge on any atom is 0.297 e. The molecule has 0 radical (unpaired) electrons. The summed E-state index contributed by atoms with van der Waals surface area (Å²) in [7, 11) is -3.78. The Morgan fingerprint density at radius 2 is 0.667 bits per heavy atom. The molecule has 0 fully saturated rings. The van der Waals surface area contributed by atoms with Crippen molar-refractivity contribution in [2.24, 2.45) is 0 Å². The highest BCUT2D eigenvalue weighted by molar-refractivity contribution is 7.86. The van der Waals surface area contributed by atoms with Crippen molar-refractivity contribution in [1.29, 1.82) is 0 Å². The minimum atomic E-state index is -3.78. The Morgan fingerprint density at radius 3 is 0.981 bits per heavy atom. The first kappa shape index (κ1) is 47.7. The molecule has 0 amide bonds. The first-order chi connectivity index (χ1) is 26.5. The lowest BCUT2D eigenvalue weighted by atomic mass is 10.2. The van der Waals surface area contributed by atoms with Crippen molar-refractivity contribution in [1.82, 2.24) is 0 Å². The number of ether oxygens (including phenoxy) is 12. The molecule has 2 rings (SSSR count). The van der Waals surface area contributed by atoms with Crippen molar-refractivity contribution >= 4 is 15.8 Å². The molecule has 2 aromatic rings. The van der Waals surface area contributed by atoms with E-state index < -0.39 is 10.1 Å². The second kappa shape index (κ2) is 33.8. The maximum atomic E-state index is 12.1. The summed E-state index contributed by atoms with van der Waals surface area (Å²) in [5.41, 5.74) is 7.32. The van der Waals surface area contributed by atoms with Gasteiger partial charge in [-0.3, -0.25) is 4.18 Å². The van der Waals surface area contributed by atoms with Crippen LogP contribution < -0.4 is 10.5 Å². The van der Waals surface area contributed by atoms with E-state index in [0.29, 0.717) is 151 Å². The van der Waals surface area contributed by atoms with Crippen LogP contribution in [0.25, 0.3) is 0 Å². The normalized spacial score (nSPS) is 11.7. The van der Waals surface area contributed by atoms with Crippen LogP contribution in [0.3, 0.4) is 0 Å². The Kier molecular flexibility index (Phi) is 29.8. The predicted molar refractivity (Wildman–Crippen MR) is 200 cm³/mol. The van der Waals surface area contributed by atoms with Gasteiger partial charge in [-0.25, -0.2) is 0 Å². The van der Waals surface area contributed by atoms with Crippen LogP contribution in [-0.4, -0.2) is 167 Å². The first-order valence-corrected chi connectivity index (χ1v) is 19.7. The van der Waals surface area contributed by atoms with E-state index >= 15 is 0 Å². The average molecular weight is 792 g/mol. The second-order valence-electron chi connectivity index (χ2n) is 11.2. The summed E-state index contributed by atoms with van der Waals surface area (Å²) in [6.07, 6.45) is 0. The van der Waals surface area contributed by atoms with E-state index in [2.05, 4.69) is 0 Å². The lowest BCUT2D eigenvalue weighted by Crippen LogP contribution is -2.16. The van der Waals surface area contributed by atoms with E-state index in [1.54, 1.807) is 24.3 Å². The molecule has 310 valence electrons. The molecule has 0 aliphatic carbocycles. The predicted octanol–water partition coefficient (Wildman–Crippen LogP) is 2.54. The number of nitrogens with two attached hydrogens (primary N) is 1. The van der Waals surface area contributed by atoms with Crippen LogP contribution in [0.1, 0.15) is 5.56 Å². The van der Waals surface area contributed by atoms with Crippen LogP contribution in [0.2, 0.25) is 0 Å². The van der Waals surface area contributed by atoms with Crippen molar-refractivity contribution in [2.45, 2.75) is 11.8 Å². The highest BCUT2D eigenvalue weighted by atomic mass is 32.2. The largest absolute Gasteiger partial charge is 0.491 e. The van der Waals surface area contributed by atoms with Gasteiger partial charge in [0.05, 0.1) is 157 Å². The topological polar surface area (TPSA) is 180 Å². The molecular formula is C37H61NO15S. The molecule has 2 N–H and O–H groups in total. The Labute approximate surface area is 320 Å². The lowest BCUT2D eigenvalue weighted by Gasteiger charge is -2.09. The van der Waals surface area contributed by atoms with Crippen molar-refractivity contribution in [2.75, 3.05) is 164 Å². The number of aryl methyl sites for hydroxylation is 1. The molecule has 0 heterocycles. The third-order valence-electron chi connectivity index (χ3n) is 6.87. The first-order valence-electron chi connectivity index (χ1n) is 18.3. The minimum absolute atomic E-state index is 0.0629. The fraction of sp³-hybridized carbons (Fsp3) is 0.676. The number of nitrogen functional groups attached to an aromatic ring is 1. The number of benzene rings is 2. The Morgan fingerprint density at radius 1 is 0.389 bits per heavy atom. The SMILES string of the molecule is Cc1ccc(S(=O)(=O)OCCOCCOCCOCCOCCOCCOCCOCCOCCOCCOCCOCCOc2ccc(N)cc2)cc1. The molecule has 0 bridgehead atoms. The lowest BCUT2D eigenvalue weighted by molar-refractivity contribution is -0.0279. The number of hydrogen-bond donors (Lipinski definition) is 1. The molecule has 54 heavy (non-hydrogen) atoms. The molecule has 0 saturated carbocycles. The molecule has 2 aromatic carbocycles. The maximum absolute atomic E-state index is 12.1. The van der Waals surface area contributed by atoms with Gasteiger partial charge in [-0.1, -0.05) is 17.7 Å². The summed E-state index contributed by atoms with van der Waals surface area (Å²) in [5, 5.41) is 0. The monoisotopic (exact) mass is 791 g/mol. The fourth-order valence-corrected chi connectivity index (χ4v) is 4.95. The molecule has 0 unspecified atom stereocenters. The van der Waals surface area contributed by atoms with Gasteiger partial charge in [-0.2, -0.15) is 8.42 Å². The summed E-state index contributed by atoms with van der Waals surface area (Å²) in [6, 6.07) is 13.7. The van der Waals surface area contributed by atoms with Crippen molar-refractivity contribution in [3.05, 3.63) is 54.1 Å². The van der Waals surface area contributed by atoms with Gasteiger partial charge in [-0.15, -0.1) is 0 Å². The van der Waals surface area contributed by atoms with Crippen molar-refractivity contribution in [3.63, 3.8) is 0 Å². The Hall–Kier alpha value is -2.49. The molecule has 0 atom stereocenters. The summed E-state index contributed by atoms with van der Waals surface area (Å²) in [6.45, 7) is 12.2. The zero-order valence-corrected chi connectivity index (χ0v) is 32.5. The summed E-state index contributed by atoms with van der Waals surface area (Å²) in [5.74, 6) is 0.765. The van der Waals surface area contributed by atoms with Gasteiger partial charge in [0.2, 0.25) is 0 Å². The molecule has 17 heteroatoms. The molecule has 0 spiro atoms. The van der Waals surface area contributed by atoms with Gasteiger partial charge >= 0.3 is 0 Å². The minimum Gasteiger partial charge on any atom is -0.491 e. The van der Waals surface area contributed by atoms with Gasteiger partial charge < -0.3 is 62.6 Å². The number of hydrogen-bond acceptors (Lipinski definition) is 16. The van der Waals surface area contributed by atoms with Gasteiger partial charge in [0.15, 0.2) is 0 Å². The third kappa shape index (κ3) is 28.0. The molecule has 0 aromatic heterocycles. The smallest absolute Gasteiger partial charge is 0.297 e. The van der Waals surface area contributed by atoms with Gasteiger partial charge in [-0.05, 0) is 43.3 Å². The van der Waals surface area contributed by atoms with Crippen molar-refractivity contribution < 1.29 is 69.4 Å². The van der Waals surface area contributed by atoms with Crippen LogP contribution in [0.15, 0.2) is 53.4 Å². The Balaban J connectivity index is 1.16. The van der Waals surface area contributed by atoms with Gasteiger partial charge in [0, 0.05) is 5.69 Å². The standard InChI is InChI=1S/C37H61NO15S/c1-34-2-8-37(9-3-34)54(39,40)53-33-31-51-29-27-49-25-23-47-21-19-45-17-15-43-13-11-41-10-12-42-14-16-44-18-20-46-22-24-48-26-28-50-30-32-52-36-6-4-35(38)5-7-36/h2-9H,10-33,38H2,1H3. The highest BCUT2D eigenvalue weighted by Crippen LogP contribution is 2.13. The number of rotatable bonds is 39. The average Bonchev–Trinajstić information content (AvgIpc) is 3.17.